The third kappa shape index (κ3) is 2.66. The standard InChI is InChI=1S/C14H19FN4O/c1-4-12-10(8-19(2)18-12)14(17-16)9-5-6-13(20-3)11(15)7-9/h5-8,14,17H,4,16H2,1-3H3. The number of nitrogens with one attached hydrogen (secondary N) is 1. The molecule has 0 amide bonds. The second kappa shape index (κ2) is 6.02. The molecule has 0 bridgehead atoms. The van der Waals surface area contributed by atoms with Gasteiger partial charge in [0.05, 0.1) is 18.8 Å². The minimum Gasteiger partial charge on any atom is -0.494 e. The van der Waals surface area contributed by atoms with Crippen molar-refractivity contribution in [2.24, 2.45) is 12.9 Å². The van der Waals surface area contributed by atoms with Gasteiger partial charge in [-0.3, -0.25) is 10.5 Å². The van der Waals surface area contributed by atoms with Crippen molar-refractivity contribution in [2.45, 2.75) is 19.4 Å². The molecule has 0 spiro atoms. The summed E-state index contributed by atoms with van der Waals surface area (Å²) < 4.78 is 20.5. The van der Waals surface area contributed by atoms with Crippen LogP contribution in [0.5, 0.6) is 5.75 Å². The fourth-order valence-corrected chi connectivity index (χ4v) is 2.30. The normalized spacial score (nSPS) is 12.4. The number of methoxy groups -OCH3 is 1. The van der Waals surface area contributed by atoms with Crippen molar-refractivity contribution in [3.05, 3.63) is 47.0 Å². The molecule has 0 aliphatic rings. The molecule has 2 aromatic rings. The average Bonchev–Trinajstić information content (AvgIpc) is 2.81. The fraction of sp³-hybridized carbons (Fsp3) is 0.357. The minimum atomic E-state index is -0.410. The third-order valence-corrected chi connectivity index (χ3v) is 3.26. The smallest absolute Gasteiger partial charge is 0.165 e. The fourth-order valence-electron chi connectivity index (χ4n) is 2.30. The van der Waals surface area contributed by atoms with Gasteiger partial charge >= 0.3 is 0 Å². The van der Waals surface area contributed by atoms with Crippen LogP contribution in [-0.2, 0) is 13.5 Å². The Bertz CT molecular complexity index is 597. The molecule has 108 valence electrons. The Labute approximate surface area is 117 Å². The lowest BCUT2D eigenvalue weighted by Crippen LogP contribution is -2.29. The number of nitrogens with two attached hydrogens (primary N) is 1. The monoisotopic (exact) mass is 278 g/mol. The quantitative estimate of drug-likeness (QED) is 0.645. The maximum Gasteiger partial charge on any atom is 0.165 e. The van der Waals surface area contributed by atoms with E-state index in [1.54, 1.807) is 16.8 Å². The lowest BCUT2D eigenvalue weighted by molar-refractivity contribution is 0.385. The zero-order valence-corrected chi connectivity index (χ0v) is 11.9. The maximum atomic E-state index is 13.8. The summed E-state index contributed by atoms with van der Waals surface area (Å²) in [6.45, 7) is 2.02. The molecular formula is C14H19FN4O. The van der Waals surface area contributed by atoms with E-state index < -0.39 is 5.82 Å². The van der Waals surface area contributed by atoms with Crippen LogP contribution in [0.4, 0.5) is 4.39 Å². The van der Waals surface area contributed by atoms with Gasteiger partial charge in [0.25, 0.3) is 0 Å². The number of aryl methyl sites for hydroxylation is 2. The number of hydrazine groups is 1. The van der Waals surface area contributed by atoms with E-state index in [1.807, 2.05) is 20.2 Å². The highest BCUT2D eigenvalue weighted by Gasteiger charge is 2.19. The molecule has 0 saturated carbocycles. The first-order valence-corrected chi connectivity index (χ1v) is 6.42. The molecule has 1 aromatic carbocycles. The molecule has 1 aromatic heterocycles. The van der Waals surface area contributed by atoms with E-state index >= 15 is 0 Å². The van der Waals surface area contributed by atoms with E-state index in [-0.39, 0.29) is 11.8 Å². The summed E-state index contributed by atoms with van der Waals surface area (Å²) in [5, 5.41) is 4.38. The molecule has 1 heterocycles. The minimum absolute atomic E-state index is 0.214. The first-order chi connectivity index (χ1) is 9.60. The van der Waals surface area contributed by atoms with Gasteiger partial charge in [-0.15, -0.1) is 0 Å². The molecule has 1 atom stereocenters. The van der Waals surface area contributed by atoms with E-state index in [9.17, 15) is 4.39 Å². The first kappa shape index (κ1) is 14.5. The highest BCUT2D eigenvalue weighted by atomic mass is 19.1. The number of benzene rings is 1. The van der Waals surface area contributed by atoms with Gasteiger partial charge < -0.3 is 4.74 Å². The predicted molar refractivity (Wildman–Crippen MR) is 74.7 cm³/mol. The van der Waals surface area contributed by atoms with Gasteiger partial charge in [-0.05, 0) is 24.1 Å². The zero-order chi connectivity index (χ0) is 14.7. The van der Waals surface area contributed by atoms with Crippen molar-refractivity contribution >= 4 is 0 Å². The Balaban J connectivity index is 2.44. The largest absolute Gasteiger partial charge is 0.494 e. The molecule has 3 N–H and O–H groups in total. The molecule has 2 rings (SSSR count). The van der Waals surface area contributed by atoms with Gasteiger partial charge in [-0.2, -0.15) is 5.10 Å². The van der Waals surface area contributed by atoms with E-state index in [0.717, 1.165) is 23.2 Å². The van der Waals surface area contributed by atoms with Crippen molar-refractivity contribution in [2.75, 3.05) is 7.11 Å². The summed E-state index contributed by atoms with van der Waals surface area (Å²) in [7, 11) is 3.29. The summed E-state index contributed by atoms with van der Waals surface area (Å²) in [5.41, 5.74) is 5.34. The van der Waals surface area contributed by atoms with Crippen LogP contribution in [0, 0.1) is 5.82 Å². The second-order valence-electron chi connectivity index (χ2n) is 4.55. The van der Waals surface area contributed by atoms with Gasteiger partial charge in [0.1, 0.15) is 0 Å². The van der Waals surface area contributed by atoms with Crippen molar-refractivity contribution in [3.8, 4) is 5.75 Å². The van der Waals surface area contributed by atoms with Gasteiger partial charge in [0.15, 0.2) is 11.6 Å². The van der Waals surface area contributed by atoms with Gasteiger partial charge in [0.2, 0.25) is 0 Å². The number of hydrogen-bond donors (Lipinski definition) is 2. The Morgan fingerprint density at radius 1 is 1.50 bits per heavy atom. The second-order valence-corrected chi connectivity index (χ2v) is 4.55. The molecule has 0 saturated heterocycles. The molecule has 0 radical (unpaired) electrons. The number of nitrogens with zero attached hydrogens (tertiary/aromatic N) is 2. The third-order valence-electron chi connectivity index (χ3n) is 3.26. The van der Waals surface area contributed by atoms with E-state index in [1.165, 1.54) is 13.2 Å². The molecule has 5 nitrogen and oxygen atoms in total. The topological polar surface area (TPSA) is 65.1 Å². The van der Waals surface area contributed by atoms with Crippen LogP contribution < -0.4 is 16.0 Å². The Hall–Kier alpha value is -1.92. The number of halogens is 1. The van der Waals surface area contributed by atoms with Gasteiger partial charge in [-0.1, -0.05) is 13.0 Å². The molecule has 20 heavy (non-hydrogen) atoms. The number of aromatic nitrogens is 2. The summed E-state index contributed by atoms with van der Waals surface area (Å²) in [6, 6.07) is 4.50. The molecule has 0 aliphatic carbocycles. The van der Waals surface area contributed by atoms with Crippen molar-refractivity contribution in [1.29, 1.82) is 0 Å². The van der Waals surface area contributed by atoms with Gasteiger partial charge in [0, 0.05) is 18.8 Å². The maximum absolute atomic E-state index is 13.8. The van der Waals surface area contributed by atoms with Crippen LogP contribution in [0.1, 0.15) is 29.8 Å². The number of ether oxygens (including phenoxy) is 1. The molecule has 6 heteroatoms. The van der Waals surface area contributed by atoms with Crippen LogP contribution in [-0.4, -0.2) is 16.9 Å². The van der Waals surface area contributed by atoms with Crippen LogP contribution >= 0.6 is 0 Å². The summed E-state index contributed by atoms with van der Waals surface area (Å²) in [6.07, 6.45) is 2.68. The van der Waals surface area contributed by atoms with Crippen LogP contribution in [0.15, 0.2) is 24.4 Å². The van der Waals surface area contributed by atoms with Crippen LogP contribution in [0.25, 0.3) is 0 Å². The highest BCUT2D eigenvalue weighted by molar-refractivity contribution is 5.37. The zero-order valence-electron chi connectivity index (χ0n) is 11.9. The predicted octanol–water partition coefficient (Wildman–Crippen LogP) is 1.68. The van der Waals surface area contributed by atoms with Crippen molar-refractivity contribution < 1.29 is 9.13 Å². The Morgan fingerprint density at radius 3 is 2.80 bits per heavy atom. The molecule has 1 unspecified atom stereocenters. The SMILES string of the molecule is CCc1nn(C)cc1C(NN)c1ccc(OC)c(F)c1. The Morgan fingerprint density at radius 2 is 2.25 bits per heavy atom. The summed E-state index contributed by atoms with van der Waals surface area (Å²) in [4.78, 5) is 0. The lowest BCUT2D eigenvalue weighted by Gasteiger charge is -2.17. The van der Waals surface area contributed by atoms with Crippen molar-refractivity contribution in [1.82, 2.24) is 15.2 Å². The van der Waals surface area contributed by atoms with Crippen LogP contribution in [0.2, 0.25) is 0 Å². The lowest BCUT2D eigenvalue weighted by atomic mass is 9.98. The van der Waals surface area contributed by atoms with Crippen molar-refractivity contribution in [3.63, 3.8) is 0 Å². The molecule has 0 aliphatic heterocycles. The number of hydrogen-bond acceptors (Lipinski definition) is 4. The summed E-state index contributed by atoms with van der Waals surface area (Å²) in [5.74, 6) is 5.45. The van der Waals surface area contributed by atoms with Gasteiger partial charge in [-0.25, -0.2) is 9.82 Å². The summed E-state index contributed by atoms with van der Waals surface area (Å²) >= 11 is 0. The first-order valence-electron chi connectivity index (χ1n) is 6.42. The van der Waals surface area contributed by atoms with E-state index in [4.69, 9.17) is 10.6 Å². The van der Waals surface area contributed by atoms with Crippen LogP contribution in [0.3, 0.4) is 0 Å². The highest BCUT2D eigenvalue weighted by Crippen LogP contribution is 2.27. The average molecular weight is 278 g/mol. The molecule has 0 fully saturated rings. The Kier molecular flexibility index (Phi) is 4.36. The van der Waals surface area contributed by atoms with E-state index in [0.29, 0.717) is 0 Å². The molecular weight excluding hydrogens is 259 g/mol. The van der Waals surface area contributed by atoms with E-state index in [2.05, 4.69) is 10.5 Å². The number of rotatable bonds is 5.